The van der Waals surface area contributed by atoms with Crippen LogP contribution in [0.4, 0.5) is 4.39 Å². The summed E-state index contributed by atoms with van der Waals surface area (Å²) in [5.74, 6) is -1.35. The number of fused-ring (bicyclic) bond motifs is 1. The smallest absolute Gasteiger partial charge is 0.335 e. The van der Waals surface area contributed by atoms with Crippen molar-refractivity contribution in [3.63, 3.8) is 0 Å². The van der Waals surface area contributed by atoms with E-state index in [9.17, 15) is 9.18 Å². The van der Waals surface area contributed by atoms with E-state index in [0.717, 1.165) is 0 Å². The van der Waals surface area contributed by atoms with Crippen molar-refractivity contribution in [2.45, 2.75) is 0 Å². The number of rotatable bonds is 2. The molecule has 0 atom stereocenters. The lowest BCUT2D eigenvalue weighted by molar-refractivity contribution is 0.0697. The Kier molecular flexibility index (Phi) is 3.02. The van der Waals surface area contributed by atoms with Crippen molar-refractivity contribution in [1.82, 2.24) is 9.55 Å². The summed E-state index contributed by atoms with van der Waals surface area (Å²) in [5, 5.41) is 9.05. The maximum atomic E-state index is 13.1. The first kappa shape index (κ1) is 12.8. The van der Waals surface area contributed by atoms with Crippen LogP contribution >= 0.6 is 15.9 Å². The number of carbonyl (C=O) groups is 1. The quantitative estimate of drug-likeness (QED) is 0.778. The number of nitrogens with zero attached hydrogens (tertiary/aromatic N) is 2. The van der Waals surface area contributed by atoms with Gasteiger partial charge in [-0.05, 0) is 52.3 Å². The molecule has 0 saturated carbocycles. The average molecular weight is 335 g/mol. The molecule has 0 aliphatic carbocycles. The van der Waals surface area contributed by atoms with Crippen LogP contribution in [0.2, 0.25) is 0 Å². The van der Waals surface area contributed by atoms with Gasteiger partial charge in [0.05, 0.1) is 22.3 Å². The van der Waals surface area contributed by atoms with E-state index < -0.39 is 5.97 Å². The summed E-state index contributed by atoms with van der Waals surface area (Å²) in [6.07, 6.45) is 1.58. The van der Waals surface area contributed by atoms with Gasteiger partial charge in [0, 0.05) is 4.47 Å². The molecular formula is C14H8BrFN2O2. The van der Waals surface area contributed by atoms with Crippen LogP contribution in [0.5, 0.6) is 0 Å². The average Bonchev–Trinajstić information content (AvgIpc) is 2.81. The topological polar surface area (TPSA) is 55.1 Å². The van der Waals surface area contributed by atoms with Gasteiger partial charge in [0.2, 0.25) is 0 Å². The fourth-order valence-electron chi connectivity index (χ4n) is 2.01. The third-order valence-electron chi connectivity index (χ3n) is 2.96. The number of hydrogen-bond donors (Lipinski definition) is 1. The van der Waals surface area contributed by atoms with Crippen LogP contribution < -0.4 is 0 Å². The maximum absolute atomic E-state index is 13.1. The lowest BCUT2D eigenvalue weighted by atomic mass is 10.2. The Morgan fingerprint density at radius 3 is 2.75 bits per heavy atom. The zero-order valence-electron chi connectivity index (χ0n) is 10.0. The maximum Gasteiger partial charge on any atom is 0.335 e. The molecule has 0 spiro atoms. The molecule has 6 heteroatoms. The molecule has 20 heavy (non-hydrogen) atoms. The number of aromatic carboxylic acids is 1. The summed E-state index contributed by atoms with van der Waals surface area (Å²) in [4.78, 5) is 15.3. The number of carboxylic acids is 1. The van der Waals surface area contributed by atoms with Crippen molar-refractivity contribution in [3.05, 3.63) is 58.6 Å². The van der Waals surface area contributed by atoms with E-state index in [4.69, 9.17) is 5.11 Å². The van der Waals surface area contributed by atoms with Gasteiger partial charge in [0.25, 0.3) is 0 Å². The van der Waals surface area contributed by atoms with Gasteiger partial charge in [-0.1, -0.05) is 0 Å². The van der Waals surface area contributed by atoms with Crippen LogP contribution in [0.3, 0.4) is 0 Å². The summed E-state index contributed by atoms with van der Waals surface area (Å²) >= 11 is 3.30. The first-order chi connectivity index (χ1) is 9.56. The Hall–Kier alpha value is -2.21. The Morgan fingerprint density at radius 1 is 1.25 bits per heavy atom. The van der Waals surface area contributed by atoms with Crippen molar-refractivity contribution >= 4 is 32.9 Å². The van der Waals surface area contributed by atoms with E-state index in [0.29, 0.717) is 21.2 Å². The zero-order chi connectivity index (χ0) is 14.3. The highest BCUT2D eigenvalue weighted by molar-refractivity contribution is 9.10. The molecule has 3 aromatic rings. The molecule has 1 heterocycles. The molecule has 0 aliphatic heterocycles. The van der Waals surface area contributed by atoms with Crippen molar-refractivity contribution in [3.8, 4) is 5.69 Å². The van der Waals surface area contributed by atoms with Gasteiger partial charge in [-0.3, -0.25) is 4.57 Å². The van der Waals surface area contributed by atoms with E-state index >= 15 is 0 Å². The second-order valence-corrected chi connectivity index (χ2v) is 5.07. The largest absolute Gasteiger partial charge is 0.478 e. The standard InChI is InChI=1S/C14H8BrFN2O2/c15-10-6-9(16)2-4-12(10)18-7-17-11-3-1-8(14(19)20)5-13(11)18/h1-7H,(H,19,20). The van der Waals surface area contributed by atoms with Crippen molar-refractivity contribution in [1.29, 1.82) is 0 Å². The fourth-order valence-corrected chi connectivity index (χ4v) is 2.55. The van der Waals surface area contributed by atoms with Crippen LogP contribution in [0, 0.1) is 5.82 Å². The Bertz CT molecular complexity index is 829. The molecule has 0 aliphatic rings. The number of aromatic nitrogens is 2. The Labute approximate surface area is 121 Å². The lowest BCUT2D eigenvalue weighted by Crippen LogP contribution is -1.98. The molecule has 1 N–H and O–H groups in total. The van der Waals surface area contributed by atoms with Crippen LogP contribution in [0.15, 0.2) is 47.2 Å². The molecule has 0 saturated heterocycles. The van der Waals surface area contributed by atoms with E-state index in [2.05, 4.69) is 20.9 Å². The highest BCUT2D eigenvalue weighted by Gasteiger charge is 2.11. The summed E-state index contributed by atoms with van der Waals surface area (Å²) in [7, 11) is 0. The molecule has 0 unspecified atom stereocenters. The summed E-state index contributed by atoms with van der Waals surface area (Å²) in [6.45, 7) is 0. The highest BCUT2D eigenvalue weighted by atomic mass is 79.9. The highest BCUT2D eigenvalue weighted by Crippen LogP contribution is 2.26. The summed E-state index contributed by atoms with van der Waals surface area (Å²) in [5.41, 5.74) is 2.19. The van der Waals surface area contributed by atoms with Gasteiger partial charge in [0.1, 0.15) is 12.1 Å². The minimum Gasteiger partial charge on any atom is -0.478 e. The SMILES string of the molecule is O=C(O)c1ccc2ncn(-c3ccc(F)cc3Br)c2c1. The molecule has 0 radical (unpaired) electrons. The molecular weight excluding hydrogens is 327 g/mol. The number of hydrogen-bond acceptors (Lipinski definition) is 2. The van der Waals surface area contributed by atoms with Gasteiger partial charge in [-0.2, -0.15) is 0 Å². The van der Waals surface area contributed by atoms with E-state index in [1.807, 2.05) is 0 Å². The molecule has 1 aromatic heterocycles. The Morgan fingerprint density at radius 2 is 2.05 bits per heavy atom. The Balaban J connectivity index is 2.25. The minimum absolute atomic E-state index is 0.178. The number of imidazole rings is 1. The lowest BCUT2D eigenvalue weighted by Gasteiger charge is -2.07. The molecule has 3 rings (SSSR count). The fraction of sp³-hybridized carbons (Fsp3) is 0. The van der Waals surface area contributed by atoms with Crippen LogP contribution in [-0.4, -0.2) is 20.6 Å². The third kappa shape index (κ3) is 2.08. The van der Waals surface area contributed by atoms with Crippen molar-refractivity contribution in [2.75, 3.05) is 0 Å². The molecule has 0 bridgehead atoms. The predicted molar refractivity (Wildman–Crippen MR) is 75.7 cm³/mol. The third-order valence-corrected chi connectivity index (χ3v) is 3.60. The number of benzene rings is 2. The second kappa shape index (κ2) is 4.72. The predicted octanol–water partition coefficient (Wildman–Crippen LogP) is 3.63. The molecule has 4 nitrogen and oxygen atoms in total. The van der Waals surface area contributed by atoms with Crippen molar-refractivity contribution in [2.24, 2.45) is 0 Å². The molecule has 0 fully saturated rings. The first-order valence-electron chi connectivity index (χ1n) is 5.72. The van der Waals surface area contributed by atoms with Crippen LogP contribution in [0.1, 0.15) is 10.4 Å². The van der Waals surface area contributed by atoms with Gasteiger partial charge >= 0.3 is 5.97 Å². The van der Waals surface area contributed by atoms with E-state index in [1.165, 1.54) is 18.2 Å². The first-order valence-corrected chi connectivity index (χ1v) is 6.51. The normalized spacial score (nSPS) is 10.9. The van der Waals surface area contributed by atoms with Gasteiger partial charge < -0.3 is 5.11 Å². The van der Waals surface area contributed by atoms with Gasteiger partial charge in [0.15, 0.2) is 0 Å². The molecule has 100 valence electrons. The van der Waals surface area contributed by atoms with Gasteiger partial charge in [-0.25, -0.2) is 14.2 Å². The second-order valence-electron chi connectivity index (χ2n) is 4.22. The molecule has 2 aromatic carbocycles. The van der Waals surface area contributed by atoms with Gasteiger partial charge in [-0.15, -0.1) is 0 Å². The monoisotopic (exact) mass is 334 g/mol. The van der Waals surface area contributed by atoms with Crippen molar-refractivity contribution < 1.29 is 14.3 Å². The summed E-state index contributed by atoms with van der Waals surface area (Å²) in [6, 6.07) is 8.98. The zero-order valence-corrected chi connectivity index (χ0v) is 11.6. The van der Waals surface area contributed by atoms with Crippen LogP contribution in [-0.2, 0) is 0 Å². The minimum atomic E-state index is -1.00. The number of carboxylic acid groups (broad SMARTS) is 1. The van der Waals surface area contributed by atoms with E-state index in [-0.39, 0.29) is 11.4 Å². The van der Waals surface area contributed by atoms with E-state index in [1.54, 1.807) is 29.1 Å². The molecule has 0 amide bonds. The summed E-state index contributed by atoms with van der Waals surface area (Å²) < 4.78 is 15.4. The van der Waals surface area contributed by atoms with Crippen LogP contribution in [0.25, 0.3) is 16.7 Å². The number of halogens is 2.